The summed E-state index contributed by atoms with van der Waals surface area (Å²) in [6.45, 7) is 9.41. The second-order valence-electron chi connectivity index (χ2n) is 7.99. The number of benzene rings is 1. The van der Waals surface area contributed by atoms with E-state index in [0.29, 0.717) is 36.1 Å². The predicted molar refractivity (Wildman–Crippen MR) is 127 cm³/mol. The fourth-order valence-electron chi connectivity index (χ4n) is 2.65. The lowest BCUT2D eigenvalue weighted by atomic mass is 10.2. The van der Waals surface area contributed by atoms with Gasteiger partial charge in [0.1, 0.15) is 11.4 Å². The van der Waals surface area contributed by atoms with Gasteiger partial charge in [0.25, 0.3) is 0 Å². The summed E-state index contributed by atoms with van der Waals surface area (Å²) < 4.78 is 10.6. The average molecular weight is 479 g/mol. The van der Waals surface area contributed by atoms with E-state index >= 15 is 0 Å². The molecule has 1 unspecified atom stereocenters. The van der Waals surface area contributed by atoms with Crippen molar-refractivity contribution in [1.82, 2.24) is 14.9 Å². The van der Waals surface area contributed by atoms with Crippen molar-refractivity contribution < 1.29 is 14.3 Å². The van der Waals surface area contributed by atoms with E-state index in [2.05, 4.69) is 27.1 Å². The summed E-state index contributed by atoms with van der Waals surface area (Å²) in [6, 6.07) is 7.39. The summed E-state index contributed by atoms with van der Waals surface area (Å²) in [4.78, 5) is 21.2. The molecular weight excluding hydrogens is 451 g/mol. The molecule has 3 rings (SSSR count). The quantitative estimate of drug-likeness (QED) is 0.465. The Morgan fingerprint density at radius 3 is 2.56 bits per heavy atom. The first kappa shape index (κ1) is 25.7. The zero-order valence-corrected chi connectivity index (χ0v) is 20.4. The van der Waals surface area contributed by atoms with Crippen molar-refractivity contribution in [1.29, 1.82) is 0 Å². The van der Waals surface area contributed by atoms with Crippen LogP contribution in [0.4, 0.5) is 10.6 Å². The molecule has 1 aromatic heterocycles. The average Bonchev–Trinajstić information content (AvgIpc) is 2.73. The number of ether oxygens (including phenoxy) is 2. The maximum Gasteiger partial charge on any atom is 0.410 e. The van der Waals surface area contributed by atoms with Crippen molar-refractivity contribution in [2.75, 3.05) is 32.1 Å². The van der Waals surface area contributed by atoms with Gasteiger partial charge in [-0.3, -0.25) is 0 Å². The Bertz CT molecular complexity index is 983. The molecule has 2 aromatic rings. The Labute approximate surface area is 199 Å². The van der Waals surface area contributed by atoms with Gasteiger partial charge in [-0.1, -0.05) is 35.6 Å². The lowest BCUT2D eigenvalue weighted by Crippen LogP contribution is -2.46. The van der Waals surface area contributed by atoms with E-state index in [1.54, 1.807) is 24.2 Å². The van der Waals surface area contributed by atoms with E-state index in [0.717, 1.165) is 5.56 Å². The number of aromatic nitrogens is 2. The van der Waals surface area contributed by atoms with Crippen molar-refractivity contribution in [3.8, 4) is 11.8 Å². The Kier molecular flexibility index (Phi) is 9.58. The molecule has 0 saturated carbocycles. The predicted octanol–water partition coefficient (Wildman–Crippen LogP) is 4.87. The van der Waals surface area contributed by atoms with E-state index in [-0.39, 0.29) is 17.5 Å². The van der Waals surface area contributed by atoms with Gasteiger partial charge in [-0.25, -0.2) is 9.78 Å². The first-order valence-corrected chi connectivity index (χ1v) is 10.9. The van der Waals surface area contributed by atoms with Crippen LogP contribution in [0.2, 0.25) is 10.3 Å². The van der Waals surface area contributed by atoms with Gasteiger partial charge in [0.15, 0.2) is 0 Å². The number of nitrogens with one attached hydrogen (secondary N) is 1. The zero-order chi connectivity index (χ0) is 23.7. The standard InChI is InChI=1S/C13H9Cl2N3.C10H19NO3/c1-16-12-10(8-17-13(15)18-12)7-6-9-4-2-3-5-11(9)14;1-8-7-11(5-6-13-8)9(12)14-10(2,3)4/h2-5,8H,1H3,(H,16,17,18);8H,5-7H2,1-4H3. The van der Waals surface area contributed by atoms with Gasteiger partial charge in [-0.15, -0.1) is 0 Å². The van der Waals surface area contributed by atoms with Gasteiger partial charge in [-0.2, -0.15) is 4.98 Å². The highest BCUT2D eigenvalue weighted by atomic mass is 35.5. The van der Waals surface area contributed by atoms with Crippen LogP contribution in [0.3, 0.4) is 0 Å². The molecular formula is C23H28Cl2N4O3. The van der Waals surface area contributed by atoms with Gasteiger partial charge < -0.3 is 19.7 Å². The molecule has 0 bridgehead atoms. The van der Waals surface area contributed by atoms with Crippen LogP contribution in [0, 0.1) is 11.8 Å². The third-order valence-corrected chi connectivity index (χ3v) is 4.61. The van der Waals surface area contributed by atoms with Crippen molar-refractivity contribution in [3.63, 3.8) is 0 Å². The fraction of sp³-hybridized carbons (Fsp3) is 0.435. The molecule has 2 heterocycles. The van der Waals surface area contributed by atoms with E-state index in [9.17, 15) is 4.79 Å². The minimum Gasteiger partial charge on any atom is -0.444 e. The number of hydrogen-bond donors (Lipinski definition) is 1. The fourth-order valence-corrected chi connectivity index (χ4v) is 2.97. The number of anilines is 1. The van der Waals surface area contributed by atoms with Crippen LogP contribution in [-0.4, -0.2) is 59.4 Å². The Hall–Kier alpha value is -2.53. The first-order chi connectivity index (χ1) is 15.1. The lowest BCUT2D eigenvalue weighted by molar-refractivity contribution is -0.0353. The molecule has 0 aliphatic carbocycles. The molecule has 32 heavy (non-hydrogen) atoms. The number of morpholine rings is 1. The van der Waals surface area contributed by atoms with Crippen molar-refractivity contribution in [2.45, 2.75) is 39.4 Å². The van der Waals surface area contributed by atoms with Crippen LogP contribution < -0.4 is 5.32 Å². The van der Waals surface area contributed by atoms with E-state index in [4.69, 9.17) is 32.7 Å². The third-order valence-electron chi connectivity index (χ3n) is 4.09. The van der Waals surface area contributed by atoms with Crippen LogP contribution in [0.5, 0.6) is 0 Å². The largest absolute Gasteiger partial charge is 0.444 e. The number of rotatable bonds is 1. The molecule has 1 N–H and O–H groups in total. The summed E-state index contributed by atoms with van der Waals surface area (Å²) >= 11 is 11.7. The molecule has 0 spiro atoms. The second kappa shape index (κ2) is 11.9. The van der Waals surface area contributed by atoms with Crippen molar-refractivity contribution >= 4 is 35.1 Å². The van der Waals surface area contributed by atoms with Crippen LogP contribution >= 0.6 is 23.2 Å². The maximum atomic E-state index is 11.6. The highest BCUT2D eigenvalue weighted by Gasteiger charge is 2.26. The second-order valence-corrected chi connectivity index (χ2v) is 8.73. The van der Waals surface area contributed by atoms with E-state index in [1.165, 1.54) is 0 Å². The topological polar surface area (TPSA) is 76.6 Å². The van der Waals surface area contributed by atoms with Crippen LogP contribution in [0.15, 0.2) is 30.5 Å². The van der Waals surface area contributed by atoms with Gasteiger partial charge >= 0.3 is 6.09 Å². The van der Waals surface area contributed by atoms with Gasteiger partial charge in [0, 0.05) is 25.4 Å². The summed E-state index contributed by atoms with van der Waals surface area (Å²) in [5.41, 5.74) is 1.01. The molecule has 1 atom stereocenters. The van der Waals surface area contributed by atoms with Crippen molar-refractivity contribution in [2.24, 2.45) is 0 Å². The number of halogens is 2. The SMILES string of the molecule is CC1CN(C(=O)OC(C)(C)C)CCO1.CNc1nc(Cl)ncc1C#Cc1ccccc1Cl. The number of carbonyl (C=O) groups is 1. The molecule has 1 aliphatic rings. The monoisotopic (exact) mass is 478 g/mol. The molecule has 0 radical (unpaired) electrons. The smallest absolute Gasteiger partial charge is 0.410 e. The van der Waals surface area contributed by atoms with Crippen molar-refractivity contribution in [3.05, 3.63) is 51.9 Å². The minimum atomic E-state index is -0.418. The lowest BCUT2D eigenvalue weighted by Gasteiger charge is -2.32. The molecule has 1 aromatic carbocycles. The molecule has 1 saturated heterocycles. The highest BCUT2D eigenvalue weighted by Crippen LogP contribution is 2.16. The molecule has 172 valence electrons. The molecule has 7 nitrogen and oxygen atoms in total. The number of hydrogen-bond acceptors (Lipinski definition) is 6. The van der Waals surface area contributed by atoms with Crippen LogP contribution in [0.1, 0.15) is 38.8 Å². The number of carbonyl (C=O) groups excluding carboxylic acids is 1. The minimum absolute atomic E-state index is 0.108. The number of nitrogens with zero attached hydrogens (tertiary/aromatic N) is 3. The third kappa shape index (κ3) is 8.54. The maximum absolute atomic E-state index is 11.6. The normalized spacial score (nSPS) is 15.6. The van der Waals surface area contributed by atoms with Gasteiger partial charge in [0.2, 0.25) is 5.28 Å². The summed E-state index contributed by atoms with van der Waals surface area (Å²) in [5, 5.41) is 3.72. The van der Waals surface area contributed by atoms with E-state index < -0.39 is 5.60 Å². The molecule has 1 amide bonds. The molecule has 9 heteroatoms. The van der Waals surface area contributed by atoms with Crippen LogP contribution in [0.25, 0.3) is 0 Å². The Morgan fingerprint density at radius 2 is 1.94 bits per heavy atom. The Balaban J connectivity index is 0.000000235. The van der Waals surface area contributed by atoms with Gasteiger partial charge in [-0.05, 0) is 51.4 Å². The molecule has 1 aliphatic heterocycles. The summed E-state index contributed by atoms with van der Waals surface area (Å²) in [5.74, 6) is 6.54. The zero-order valence-electron chi connectivity index (χ0n) is 18.9. The molecule has 1 fully saturated rings. The summed E-state index contributed by atoms with van der Waals surface area (Å²) in [6.07, 6.45) is 1.44. The van der Waals surface area contributed by atoms with Crippen LogP contribution in [-0.2, 0) is 9.47 Å². The van der Waals surface area contributed by atoms with E-state index in [1.807, 2.05) is 45.9 Å². The first-order valence-electron chi connectivity index (χ1n) is 10.2. The highest BCUT2D eigenvalue weighted by molar-refractivity contribution is 6.31. The summed E-state index contributed by atoms with van der Waals surface area (Å²) in [7, 11) is 1.75. The number of amides is 1. The Morgan fingerprint density at radius 1 is 1.25 bits per heavy atom. The van der Waals surface area contributed by atoms with Gasteiger partial charge in [0.05, 0.1) is 29.8 Å².